The summed E-state index contributed by atoms with van der Waals surface area (Å²) in [6.07, 6.45) is 0. The largest absolute Gasteiger partial charge is 0.468 e. The fourth-order valence-electron chi connectivity index (χ4n) is 1.43. The molecule has 0 aliphatic heterocycles. The van der Waals surface area contributed by atoms with Gasteiger partial charge in [-0.25, -0.2) is 9.18 Å². The molecule has 0 N–H and O–H groups in total. The van der Waals surface area contributed by atoms with Crippen molar-refractivity contribution in [2.45, 2.75) is 6.04 Å². The Morgan fingerprint density at radius 2 is 2.13 bits per heavy atom. The van der Waals surface area contributed by atoms with Crippen LogP contribution in [0, 0.1) is 5.82 Å². The van der Waals surface area contributed by atoms with Gasteiger partial charge in [0.2, 0.25) is 0 Å². The molecule has 1 atom stereocenters. The van der Waals surface area contributed by atoms with Gasteiger partial charge in [0.1, 0.15) is 11.9 Å². The zero-order chi connectivity index (χ0) is 11.4. The van der Waals surface area contributed by atoms with Crippen molar-refractivity contribution >= 4 is 5.97 Å². The Labute approximate surface area is 88.5 Å². The number of benzene rings is 1. The van der Waals surface area contributed by atoms with E-state index in [1.807, 2.05) is 0 Å². The summed E-state index contributed by atoms with van der Waals surface area (Å²) in [6, 6.07) is 5.38. The maximum atomic E-state index is 13.0. The highest BCUT2D eigenvalue weighted by atomic mass is 19.1. The van der Waals surface area contributed by atoms with Crippen LogP contribution in [0.2, 0.25) is 0 Å². The van der Waals surface area contributed by atoms with Crippen molar-refractivity contribution in [3.8, 4) is 0 Å². The van der Waals surface area contributed by atoms with Crippen LogP contribution in [0.4, 0.5) is 4.39 Å². The molecule has 0 aliphatic rings. The van der Waals surface area contributed by atoms with Crippen molar-refractivity contribution < 1.29 is 13.9 Å². The van der Waals surface area contributed by atoms with Gasteiger partial charge in [-0.15, -0.1) is 0 Å². The number of ether oxygens (including phenoxy) is 1. The molecule has 15 heavy (non-hydrogen) atoms. The van der Waals surface area contributed by atoms with Crippen LogP contribution in [-0.2, 0) is 9.53 Å². The Hall–Kier alpha value is -1.42. The number of esters is 1. The number of rotatable bonds is 3. The molecule has 0 saturated heterocycles. The van der Waals surface area contributed by atoms with E-state index in [1.165, 1.54) is 19.2 Å². The highest BCUT2D eigenvalue weighted by molar-refractivity contribution is 5.77. The number of carbonyl (C=O) groups is 1. The molecule has 0 heterocycles. The van der Waals surface area contributed by atoms with Crippen LogP contribution < -0.4 is 0 Å². The minimum absolute atomic E-state index is 0.358. The van der Waals surface area contributed by atoms with Crippen molar-refractivity contribution in [2.24, 2.45) is 0 Å². The van der Waals surface area contributed by atoms with Crippen LogP contribution in [0.1, 0.15) is 11.6 Å². The molecule has 3 nitrogen and oxygen atoms in total. The molecule has 0 aromatic heterocycles. The van der Waals surface area contributed by atoms with Gasteiger partial charge >= 0.3 is 5.97 Å². The van der Waals surface area contributed by atoms with E-state index < -0.39 is 12.0 Å². The Morgan fingerprint density at radius 3 is 2.60 bits per heavy atom. The van der Waals surface area contributed by atoms with E-state index in [0.29, 0.717) is 5.56 Å². The second-order valence-electron chi connectivity index (χ2n) is 3.44. The number of likely N-dealkylation sites (N-methyl/N-ethyl adjacent to an activating group) is 1. The summed E-state index contributed by atoms with van der Waals surface area (Å²) < 4.78 is 17.7. The first kappa shape index (κ1) is 11.7. The van der Waals surface area contributed by atoms with Crippen LogP contribution in [0.15, 0.2) is 24.3 Å². The lowest BCUT2D eigenvalue weighted by Gasteiger charge is -2.21. The van der Waals surface area contributed by atoms with Gasteiger partial charge < -0.3 is 4.74 Å². The number of hydrogen-bond donors (Lipinski definition) is 0. The Morgan fingerprint density at radius 1 is 1.47 bits per heavy atom. The van der Waals surface area contributed by atoms with Gasteiger partial charge in [-0.1, -0.05) is 12.1 Å². The fraction of sp³-hybridized carbons (Fsp3) is 0.364. The predicted molar refractivity (Wildman–Crippen MR) is 54.8 cm³/mol. The van der Waals surface area contributed by atoms with Gasteiger partial charge in [-0.2, -0.15) is 0 Å². The summed E-state index contributed by atoms with van der Waals surface area (Å²) in [5, 5.41) is 0. The van der Waals surface area contributed by atoms with Crippen molar-refractivity contribution in [1.29, 1.82) is 0 Å². The van der Waals surface area contributed by atoms with Gasteiger partial charge in [-0.05, 0) is 31.8 Å². The Kier molecular flexibility index (Phi) is 3.80. The average Bonchev–Trinajstić information content (AvgIpc) is 2.17. The van der Waals surface area contributed by atoms with E-state index in [2.05, 4.69) is 4.74 Å². The Balaban J connectivity index is 3.04. The van der Waals surface area contributed by atoms with Gasteiger partial charge in [0.15, 0.2) is 0 Å². The van der Waals surface area contributed by atoms with Crippen molar-refractivity contribution in [1.82, 2.24) is 4.90 Å². The highest BCUT2D eigenvalue weighted by Gasteiger charge is 2.23. The molecule has 1 aromatic rings. The lowest BCUT2D eigenvalue weighted by molar-refractivity contribution is -0.146. The van der Waals surface area contributed by atoms with Crippen LogP contribution in [-0.4, -0.2) is 32.1 Å². The van der Waals surface area contributed by atoms with E-state index in [9.17, 15) is 9.18 Å². The van der Waals surface area contributed by atoms with Crippen LogP contribution in [0.3, 0.4) is 0 Å². The molecular formula is C11H14FNO2. The van der Waals surface area contributed by atoms with E-state index in [-0.39, 0.29) is 5.82 Å². The zero-order valence-electron chi connectivity index (χ0n) is 9.03. The second-order valence-corrected chi connectivity index (χ2v) is 3.44. The number of hydrogen-bond acceptors (Lipinski definition) is 3. The molecule has 0 bridgehead atoms. The molecule has 0 aliphatic carbocycles. The third kappa shape index (κ3) is 2.76. The summed E-state index contributed by atoms with van der Waals surface area (Å²) in [4.78, 5) is 13.2. The zero-order valence-corrected chi connectivity index (χ0v) is 9.03. The molecule has 0 radical (unpaired) electrons. The first-order valence-corrected chi connectivity index (χ1v) is 4.56. The molecule has 1 rings (SSSR count). The third-order valence-corrected chi connectivity index (χ3v) is 2.11. The molecule has 0 fully saturated rings. The molecule has 0 amide bonds. The van der Waals surface area contributed by atoms with Gasteiger partial charge in [0.25, 0.3) is 0 Å². The van der Waals surface area contributed by atoms with E-state index in [0.717, 1.165) is 0 Å². The quantitative estimate of drug-likeness (QED) is 0.711. The maximum absolute atomic E-state index is 13.0. The normalized spacial score (nSPS) is 12.6. The lowest BCUT2D eigenvalue weighted by atomic mass is 10.1. The fourth-order valence-corrected chi connectivity index (χ4v) is 1.43. The number of carbonyl (C=O) groups excluding carboxylic acids is 1. The molecule has 1 aromatic carbocycles. The summed E-state index contributed by atoms with van der Waals surface area (Å²) in [7, 11) is 4.80. The molecular weight excluding hydrogens is 197 g/mol. The van der Waals surface area contributed by atoms with Gasteiger partial charge in [-0.3, -0.25) is 4.90 Å². The smallest absolute Gasteiger partial charge is 0.327 e. The van der Waals surface area contributed by atoms with Crippen LogP contribution >= 0.6 is 0 Å². The third-order valence-electron chi connectivity index (χ3n) is 2.11. The monoisotopic (exact) mass is 211 g/mol. The number of methoxy groups -OCH3 is 1. The van der Waals surface area contributed by atoms with E-state index >= 15 is 0 Å². The molecule has 0 saturated carbocycles. The number of halogens is 1. The Bertz CT molecular complexity index is 352. The van der Waals surface area contributed by atoms with E-state index in [4.69, 9.17) is 0 Å². The van der Waals surface area contributed by atoms with Crippen LogP contribution in [0.25, 0.3) is 0 Å². The summed E-state index contributed by atoms with van der Waals surface area (Å²) >= 11 is 0. The predicted octanol–water partition coefficient (Wildman–Crippen LogP) is 1.60. The molecule has 1 unspecified atom stereocenters. The van der Waals surface area contributed by atoms with Crippen molar-refractivity contribution in [2.75, 3.05) is 21.2 Å². The minimum Gasteiger partial charge on any atom is -0.468 e. The SMILES string of the molecule is COC(=O)C(c1cccc(F)c1)N(C)C. The number of nitrogens with zero attached hydrogens (tertiary/aromatic N) is 1. The molecule has 0 spiro atoms. The first-order valence-electron chi connectivity index (χ1n) is 4.56. The first-order chi connectivity index (χ1) is 7.06. The summed E-state index contributed by atoms with van der Waals surface area (Å²) in [6.45, 7) is 0. The highest BCUT2D eigenvalue weighted by Crippen LogP contribution is 2.20. The second kappa shape index (κ2) is 4.89. The summed E-state index contributed by atoms with van der Waals surface area (Å²) in [5.74, 6) is -0.756. The van der Waals surface area contributed by atoms with Gasteiger partial charge in [0, 0.05) is 0 Å². The topological polar surface area (TPSA) is 29.5 Å². The molecule has 4 heteroatoms. The molecule has 82 valence electrons. The van der Waals surface area contributed by atoms with Crippen molar-refractivity contribution in [3.63, 3.8) is 0 Å². The van der Waals surface area contributed by atoms with Crippen LogP contribution in [0.5, 0.6) is 0 Å². The maximum Gasteiger partial charge on any atom is 0.327 e. The average molecular weight is 211 g/mol. The minimum atomic E-state index is -0.564. The standard InChI is InChI=1S/C11H14FNO2/c1-13(2)10(11(14)15-3)8-5-4-6-9(12)7-8/h4-7,10H,1-3H3. The lowest BCUT2D eigenvalue weighted by Crippen LogP contribution is -2.28. The summed E-state index contributed by atoms with van der Waals surface area (Å²) in [5.41, 5.74) is 0.590. The van der Waals surface area contributed by atoms with E-state index in [1.54, 1.807) is 31.1 Å². The van der Waals surface area contributed by atoms with Crippen molar-refractivity contribution in [3.05, 3.63) is 35.6 Å². The van der Waals surface area contributed by atoms with Gasteiger partial charge in [0.05, 0.1) is 7.11 Å².